The zero-order chi connectivity index (χ0) is 12.5. The van der Waals surface area contributed by atoms with Crippen molar-refractivity contribution in [2.75, 3.05) is 13.1 Å². The molecule has 1 fully saturated rings. The molecule has 0 aliphatic carbocycles. The number of hydrogen-bond donors (Lipinski definition) is 2. The average Bonchev–Trinajstić information content (AvgIpc) is 2.64. The number of nitrogens with one attached hydrogen (secondary N) is 1. The monoisotopic (exact) mass is 237 g/mol. The maximum absolute atomic E-state index is 10.7. The fourth-order valence-corrected chi connectivity index (χ4v) is 2.55. The van der Waals surface area contributed by atoms with Crippen LogP contribution >= 0.6 is 0 Å². The van der Waals surface area contributed by atoms with Crippen LogP contribution in [0.4, 0.5) is 0 Å². The van der Waals surface area contributed by atoms with Crippen molar-refractivity contribution in [3.05, 3.63) is 17.5 Å². The Morgan fingerprint density at radius 2 is 2.41 bits per heavy atom. The van der Waals surface area contributed by atoms with Gasteiger partial charge in [0.15, 0.2) is 0 Å². The standard InChI is InChI=1S/C13H23N3O/c1-4-11-7-12(16(3)15-11)8-13(17)5-6-14-9-10(13)2/h7,10,14,17H,4-6,8-9H2,1-3H3. The van der Waals surface area contributed by atoms with Crippen LogP contribution in [0.3, 0.4) is 0 Å². The number of nitrogens with zero attached hydrogens (tertiary/aromatic N) is 2. The average molecular weight is 237 g/mol. The van der Waals surface area contributed by atoms with E-state index in [1.807, 2.05) is 11.7 Å². The Bertz CT molecular complexity index is 388. The van der Waals surface area contributed by atoms with Gasteiger partial charge in [-0.3, -0.25) is 4.68 Å². The van der Waals surface area contributed by atoms with E-state index in [1.54, 1.807) is 0 Å². The Morgan fingerprint density at radius 1 is 1.65 bits per heavy atom. The Labute approximate surface area is 103 Å². The predicted octanol–water partition coefficient (Wildman–Crippen LogP) is 0.885. The van der Waals surface area contributed by atoms with E-state index in [0.717, 1.165) is 37.3 Å². The van der Waals surface area contributed by atoms with E-state index in [-0.39, 0.29) is 5.92 Å². The fourth-order valence-electron chi connectivity index (χ4n) is 2.55. The van der Waals surface area contributed by atoms with Crippen molar-refractivity contribution in [2.45, 2.75) is 38.7 Å². The normalized spacial score (nSPS) is 29.5. The largest absolute Gasteiger partial charge is 0.389 e. The highest BCUT2D eigenvalue weighted by atomic mass is 16.3. The van der Waals surface area contributed by atoms with Crippen molar-refractivity contribution in [3.8, 4) is 0 Å². The van der Waals surface area contributed by atoms with Crippen LogP contribution in [0.2, 0.25) is 0 Å². The first kappa shape index (κ1) is 12.6. The fraction of sp³-hybridized carbons (Fsp3) is 0.769. The number of rotatable bonds is 3. The summed E-state index contributed by atoms with van der Waals surface area (Å²) < 4.78 is 1.91. The number of aromatic nitrogens is 2. The number of aliphatic hydroxyl groups is 1. The van der Waals surface area contributed by atoms with Gasteiger partial charge in [0.1, 0.15) is 0 Å². The molecule has 0 radical (unpaired) electrons. The van der Waals surface area contributed by atoms with Crippen molar-refractivity contribution < 1.29 is 5.11 Å². The first-order valence-electron chi connectivity index (χ1n) is 6.50. The van der Waals surface area contributed by atoms with Crippen molar-refractivity contribution in [3.63, 3.8) is 0 Å². The third-order valence-electron chi connectivity index (χ3n) is 3.98. The van der Waals surface area contributed by atoms with Gasteiger partial charge in [-0.15, -0.1) is 0 Å². The zero-order valence-electron chi connectivity index (χ0n) is 11.0. The third kappa shape index (κ3) is 2.53. The highest BCUT2D eigenvalue weighted by Gasteiger charge is 2.36. The molecule has 1 aromatic rings. The van der Waals surface area contributed by atoms with Gasteiger partial charge in [0.05, 0.1) is 11.3 Å². The maximum Gasteiger partial charge on any atom is 0.0752 e. The lowest BCUT2D eigenvalue weighted by molar-refractivity contribution is -0.0343. The smallest absolute Gasteiger partial charge is 0.0752 e. The molecule has 0 saturated carbocycles. The van der Waals surface area contributed by atoms with E-state index in [4.69, 9.17) is 0 Å². The molecule has 1 aromatic heterocycles. The van der Waals surface area contributed by atoms with Crippen LogP contribution in [-0.4, -0.2) is 33.6 Å². The molecule has 2 N–H and O–H groups in total. The van der Waals surface area contributed by atoms with Gasteiger partial charge in [0.25, 0.3) is 0 Å². The lowest BCUT2D eigenvalue weighted by Crippen LogP contribution is -2.50. The van der Waals surface area contributed by atoms with Gasteiger partial charge in [0.2, 0.25) is 0 Å². The van der Waals surface area contributed by atoms with Gasteiger partial charge < -0.3 is 10.4 Å². The minimum absolute atomic E-state index is 0.288. The minimum Gasteiger partial charge on any atom is -0.389 e. The highest BCUT2D eigenvalue weighted by molar-refractivity contribution is 5.14. The summed E-state index contributed by atoms with van der Waals surface area (Å²) in [5.41, 5.74) is 1.66. The van der Waals surface area contributed by atoms with Gasteiger partial charge in [-0.2, -0.15) is 5.10 Å². The maximum atomic E-state index is 10.7. The van der Waals surface area contributed by atoms with E-state index in [2.05, 4.69) is 30.3 Å². The number of aryl methyl sites for hydroxylation is 2. The van der Waals surface area contributed by atoms with Gasteiger partial charge in [-0.1, -0.05) is 13.8 Å². The summed E-state index contributed by atoms with van der Waals surface area (Å²) in [6.07, 6.45) is 2.48. The molecule has 0 bridgehead atoms. The molecule has 1 aliphatic rings. The van der Waals surface area contributed by atoms with Crippen molar-refractivity contribution >= 4 is 0 Å². The molecule has 0 aromatic carbocycles. The minimum atomic E-state index is -0.579. The summed E-state index contributed by atoms with van der Waals surface area (Å²) in [4.78, 5) is 0. The Balaban J connectivity index is 2.15. The zero-order valence-corrected chi connectivity index (χ0v) is 11.0. The second-order valence-corrected chi connectivity index (χ2v) is 5.24. The SMILES string of the molecule is CCc1cc(CC2(O)CCNCC2C)n(C)n1. The highest BCUT2D eigenvalue weighted by Crippen LogP contribution is 2.28. The second-order valence-electron chi connectivity index (χ2n) is 5.24. The van der Waals surface area contributed by atoms with Gasteiger partial charge in [-0.25, -0.2) is 0 Å². The molecular weight excluding hydrogens is 214 g/mol. The summed E-state index contributed by atoms with van der Waals surface area (Å²) in [5, 5.41) is 18.5. The third-order valence-corrected chi connectivity index (χ3v) is 3.98. The van der Waals surface area contributed by atoms with Crippen LogP contribution in [0.1, 0.15) is 31.7 Å². The van der Waals surface area contributed by atoms with Crippen LogP contribution in [0.15, 0.2) is 6.07 Å². The second kappa shape index (κ2) is 4.78. The van der Waals surface area contributed by atoms with Crippen LogP contribution in [0.5, 0.6) is 0 Å². The van der Waals surface area contributed by atoms with Gasteiger partial charge in [-0.05, 0) is 31.4 Å². The molecule has 2 heterocycles. The summed E-state index contributed by atoms with van der Waals surface area (Å²) in [6, 6.07) is 2.12. The molecule has 2 unspecified atom stereocenters. The van der Waals surface area contributed by atoms with E-state index >= 15 is 0 Å². The summed E-state index contributed by atoms with van der Waals surface area (Å²) in [5.74, 6) is 0.288. The van der Waals surface area contributed by atoms with Crippen LogP contribution in [0.25, 0.3) is 0 Å². The van der Waals surface area contributed by atoms with E-state index in [1.165, 1.54) is 0 Å². The molecule has 4 heteroatoms. The van der Waals surface area contributed by atoms with Crippen molar-refractivity contribution in [1.82, 2.24) is 15.1 Å². The molecule has 4 nitrogen and oxygen atoms in total. The molecule has 17 heavy (non-hydrogen) atoms. The van der Waals surface area contributed by atoms with Crippen LogP contribution in [0, 0.1) is 5.92 Å². The quantitative estimate of drug-likeness (QED) is 0.820. The number of hydrogen-bond acceptors (Lipinski definition) is 3. The van der Waals surface area contributed by atoms with E-state index < -0.39 is 5.60 Å². The summed E-state index contributed by atoms with van der Waals surface area (Å²) in [7, 11) is 1.96. The topological polar surface area (TPSA) is 50.1 Å². The molecule has 0 spiro atoms. The first-order valence-corrected chi connectivity index (χ1v) is 6.50. The number of piperidine rings is 1. The molecule has 1 saturated heterocycles. The Kier molecular flexibility index (Phi) is 3.54. The van der Waals surface area contributed by atoms with Crippen molar-refractivity contribution in [2.24, 2.45) is 13.0 Å². The molecule has 1 aliphatic heterocycles. The van der Waals surface area contributed by atoms with E-state index in [9.17, 15) is 5.11 Å². The Morgan fingerprint density at radius 3 is 3.00 bits per heavy atom. The van der Waals surface area contributed by atoms with Crippen LogP contribution in [-0.2, 0) is 19.9 Å². The van der Waals surface area contributed by atoms with Crippen LogP contribution < -0.4 is 5.32 Å². The van der Waals surface area contributed by atoms with Gasteiger partial charge >= 0.3 is 0 Å². The molecule has 2 rings (SSSR count). The molecule has 0 amide bonds. The first-order chi connectivity index (χ1) is 8.05. The van der Waals surface area contributed by atoms with Gasteiger partial charge in [0, 0.05) is 25.7 Å². The lowest BCUT2D eigenvalue weighted by atomic mass is 9.79. The summed E-state index contributed by atoms with van der Waals surface area (Å²) in [6.45, 7) is 6.02. The Hall–Kier alpha value is -0.870. The van der Waals surface area contributed by atoms with E-state index in [0.29, 0.717) is 6.42 Å². The molecule has 2 atom stereocenters. The van der Waals surface area contributed by atoms with Crippen molar-refractivity contribution in [1.29, 1.82) is 0 Å². The molecule has 96 valence electrons. The molecular formula is C13H23N3O. The summed E-state index contributed by atoms with van der Waals surface area (Å²) >= 11 is 0. The lowest BCUT2D eigenvalue weighted by Gasteiger charge is -2.38. The predicted molar refractivity (Wildman–Crippen MR) is 67.9 cm³/mol.